The van der Waals surface area contributed by atoms with Crippen molar-refractivity contribution >= 4 is 6.47 Å². The van der Waals surface area contributed by atoms with Crippen molar-refractivity contribution in [3.63, 3.8) is 0 Å². The SMILES string of the molecule is CC(C)CCCC(C)CCCC(C)CCCC(C)CCO[C]=O. The zero-order valence-corrected chi connectivity index (χ0v) is 16.4. The first-order chi connectivity index (χ1) is 11.0. The molecule has 23 heavy (non-hydrogen) atoms. The van der Waals surface area contributed by atoms with Crippen LogP contribution >= 0.6 is 0 Å². The Kier molecular flexibility index (Phi) is 14.7. The maximum atomic E-state index is 9.98. The van der Waals surface area contributed by atoms with E-state index in [4.69, 9.17) is 0 Å². The Morgan fingerprint density at radius 1 is 0.652 bits per heavy atom. The molecule has 0 aromatic carbocycles. The Labute approximate surface area is 145 Å². The van der Waals surface area contributed by atoms with E-state index in [0.717, 1.165) is 24.2 Å². The van der Waals surface area contributed by atoms with Crippen LogP contribution in [-0.4, -0.2) is 13.1 Å². The lowest BCUT2D eigenvalue weighted by Crippen LogP contribution is -2.03. The molecule has 0 rings (SSSR count). The molecule has 0 heterocycles. The fourth-order valence-electron chi connectivity index (χ4n) is 3.24. The molecule has 2 heteroatoms. The van der Waals surface area contributed by atoms with Crippen LogP contribution in [0.5, 0.6) is 0 Å². The van der Waals surface area contributed by atoms with Crippen LogP contribution in [0.15, 0.2) is 0 Å². The lowest BCUT2D eigenvalue weighted by Gasteiger charge is -2.16. The molecule has 0 saturated heterocycles. The Morgan fingerprint density at radius 3 is 1.43 bits per heavy atom. The van der Waals surface area contributed by atoms with E-state index in [-0.39, 0.29) is 0 Å². The Bertz CT molecular complexity index is 263. The largest absolute Gasteiger partial charge is 0.457 e. The van der Waals surface area contributed by atoms with E-state index in [1.54, 1.807) is 0 Å². The third-order valence-corrected chi connectivity index (χ3v) is 5.04. The van der Waals surface area contributed by atoms with Gasteiger partial charge in [0.05, 0.1) is 6.61 Å². The predicted octanol–water partition coefficient (Wildman–Crippen LogP) is 6.54. The number of hydrogen-bond acceptors (Lipinski definition) is 2. The summed E-state index contributed by atoms with van der Waals surface area (Å²) in [5, 5.41) is 0. The molecule has 0 aromatic rings. The second-order valence-electron chi connectivity index (χ2n) is 8.22. The highest BCUT2D eigenvalue weighted by Gasteiger charge is 2.08. The highest BCUT2D eigenvalue weighted by Crippen LogP contribution is 2.22. The normalized spacial score (nSPS) is 15.4. The van der Waals surface area contributed by atoms with Crippen molar-refractivity contribution in [2.24, 2.45) is 23.7 Å². The van der Waals surface area contributed by atoms with Crippen LogP contribution in [0.4, 0.5) is 0 Å². The number of ether oxygens (including phenoxy) is 1. The minimum Gasteiger partial charge on any atom is -0.457 e. The lowest BCUT2D eigenvalue weighted by molar-refractivity contribution is 0.247. The van der Waals surface area contributed by atoms with E-state index in [0.29, 0.717) is 12.5 Å². The molecule has 0 aromatic heterocycles. The molecule has 0 saturated carbocycles. The average Bonchev–Trinajstić information content (AvgIpc) is 2.47. The molecule has 0 fully saturated rings. The fourth-order valence-corrected chi connectivity index (χ4v) is 3.24. The number of rotatable bonds is 16. The van der Waals surface area contributed by atoms with Gasteiger partial charge in [-0.3, -0.25) is 0 Å². The molecule has 0 bridgehead atoms. The molecule has 0 N–H and O–H groups in total. The first kappa shape index (κ1) is 22.5. The molecule has 0 aliphatic rings. The minimum atomic E-state index is 0.523. The Morgan fingerprint density at radius 2 is 1.04 bits per heavy atom. The summed E-state index contributed by atoms with van der Waals surface area (Å²) in [5.41, 5.74) is 0. The summed E-state index contributed by atoms with van der Waals surface area (Å²) in [5.74, 6) is 3.25. The number of carbonyl (C=O) groups excluding carboxylic acids is 1. The van der Waals surface area contributed by atoms with Crippen LogP contribution in [0.1, 0.15) is 98.8 Å². The Hall–Kier alpha value is -0.530. The minimum absolute atomic E-state index is 0.523. The van der Waals surface area contributed by atoms with Crippen molar-refractivity contribution in [3.05, 3.63) is 0 Å². The van der Waals surface area contributed by atoms with Crippen molar-refractivity contribution in [2.75, 3.05) is 6.61 Å². The topological polar surface area (TPSA) is 26.3 Å². The lowest BCUT2D eigenvalue weighted by atomic mass is 9.91. The average molecular weight is 326 g/mol. The summed E-state index contributed by atoms with van der Waals surface area (Å²) in [6.45, 7) is 13.7. The van der Waals surface area contributed by atoms with Gasteiger partial charge >= 0.3 is 6.47 Å². The van der Waals surface area contributed by atoms with Crippen LogP contribution in [0.25, 0.3) is 0 Å². The van der Waals surface area contributed by atoms with Gasteiger partial charge in [-0.2, -0.15) is 0 Å². The van der Waals surface area contributed by atoms with Gasteiger partial charge in [-0.15, -0.1) is 0 Å². The summed E-state index contributed by atoms with van der Waals surface area (Å²) in [4.78, 5) is 9.98. The summed E-state index contributed by atoms with van der Waals surface area (Å²) < 4.78 is 4.64. The smallest absolute Gasteiger partial charge is 0.417 e. The van der Waals surface area contributed by atoms with Crippen molar-refractivity contribution in [1.29, 1.82) is 0 Å². The van der Waals surface area contributed by atoms with E-state index in [1.807, 2.05) is 0 Å². The molecular weight excluding hydrogens is 284 g/mol. The molecule has 137 valence electrons. The monoisotopic (exact) mass is 325 g/mol. The van der Waals surface area contributed by atoms with Gasteiger partial charge in [0, 0.05) is 0 Å². The quantitative estimate of drug-likeness (QED) is 0.301. The van der Waals surface area contributed by atoms with Crippen molar-refractivity contribution in [1.82, 2.24) is 0 Å². The van der Waals surface area contributed by atoms with Gasteiger partial charge in [0.25, 0.3) is 0 Å². The molecule has 3 unspecified atom stereocenters. The van der Waals surface area contributed by atoms with Crippen molar-refractivity contribution < 1.29 is 9.53 Å². The summed E-state index contributed by atoms with van der Waals surface area (Å²) in [7, 11) is 0. The molecular formula is C21H41O2. The standard InChI is InChI=1S/C21H41O2/c1-18(2)9-6-10-19(3)11-7-12-20(4)13-8-14-21(5)15-16-23-17-22/h18-21H,6-16H2,1-5H3. The first-order valence-corrected chi connectivity index (χ1v) is 9.94. The summed E-state index contributed by atoms with van der Waals surface area (Å²) in [6.07, 6.45) is 13.2. The summed E-state index contributed by atoms with van der Waals surface area (Å²) >= 11 is 0. The molecule has 0 aliphatic heterocycles. The van der Waals surface area contributed by atoms with Gasteiger partial charge in [-0.05, 0) is 30.1 Å². The summed E-state index contributed by atoms with van der Waals surface area (Å²) in [6, 6.07) is 0. The molecule has 3 atom stereocenters. The second kappa shape index (κ2) is 15.0. The van der Waals surface area contributed by atoms with Crippen molar-refractivity contribution in [3.8, 4) is 0 Å². The van der Waals surface area contributed by atoms with Gasteiger partial charge in [0.15, 0.2) is 0 Å². The highest BCUT2D eigenvalue weighted by atomic mass is 16.5. The molecule has 0 spiro atoms. The van der Waals surface area contributed by atoms with Crippen LogP contribution in [0.2, 0.25) is 0 Å². The second-order valence-corrected chi connectivity index (χ2v) is 8.22. The zero-order chi connectivity index (χ0) is 17.5. The maximum absolute atomic E-state index is 9.98. The third-order valence-electron chi connectivity index (χ3n) is 5.04. The first-order valence-electron chi connectivity index (χ1n) is 9.94. The fraction of sp³-hybridized carbons (Fsp3) is 0.952. The van der Waals surface area contributed by atoms with Crippen LogP contribution in [0.3, 0.4) is 0 Å². The van der Waals surface area contributed by atoms with E-state index in [1.165, 1.54) is 64.3 Å². The van der Waals surface area contributed by atoms with Gasteiger partial charge < -0.3 is 4.74 Å². The van der Waals surface area contributed by atoms with Crippen LogP contribution < -0.4 is 0 Å². The maximum Gasteiger partial charge on any atom is 0.417 e. The van der Waals surface area contributed by atoms with E-state index < -0.39 is 0 Å². The predicted molar refractivity (Wildman–Crippen MR) is 100 cm³/mol. The molecule has 0 aliphatic carbocycles. The Balaban J connectivity index is 3.48. The van der Waals surface area contributed by atoms with Gasteiger partial charge in [0.2, 0.25) is 0 Å². The number of hydrogen-bond donors (Lipinski definition) is 0. The van der Waals surface area contributed by atoms with Crippen LogP contribution in [-0.2, 0) is 9.53 Å². The van der Waals surface area contributed by atoms with E-state index >= 15 is 0 Å². The van der Waals surface area contributed by atoms with E-state index in [9.17, 15) is 4.79 Å². The van der Waals surface area contributed by atoms with Gasteiger partial charge in [-0.1, -0.05) is 92.4 Å². The molecule has 1 radical (unpaired) electrons. The van der Waals surface area contributed by atoms with Gasteiger partial charge in [0.1, 0.15) is 0 Å². The molecule has 2 nitrogen and oxygen atoms in total. The third kappa shape index (κ3) is 16.1. The van der Waals surface area contributed by atoms with Gasteiger partial charge in [-0.25, -0.2) is 4.79 Å². The van der Waals surface area contributed by atoms with E-state index in [2.05, 4.69) is 39.4 Å². The molecule has 0 amide bonds. The highest BCUT2D eigenvalue weighted by molar-refractivity contribution is 5.37. The van der Waals surface area contributed by atoms with Crippen molar-refractivity contribution in [2.45, 2.75) is 98.8 Å². The zero-order valence-electron chi connectivity index (χ0n) is 16.4. The van der Waals surface area contributed by atoms with Crippen LogP contribution in [0, 0.1) is 23.7 Å².